The Balaban J connectivity index is 2.36. The molecular weight excluding hydrogens is 222 g/mol. The predicted molar refractivity (Wildman–Crippen MR) is 74.6 cm³/mol. The molecule has 0 fully saturated rings. The van der Waals surface area contributed by atoms with Gasteiger partial charge < -0.3 is 0 Å². The smallest absolute Gasteiger partial charge is 0.212 e. The Bertz CT molecular complexity index is 685. The van der Waals surface area contributed by atoms with Crippen LogP contribution >= 0.6 is 0 Å². The maximum atomic E-state index is 12.4. The monoisotopic (exact) mass is 237 g/mol. The topological polar surface area (TPSA) is 29.4 Å². The van der Waals surface area contributed by atoms with Crippen molar-refractivity contribution in [3.8, 4) is 0 Å². The first kappa shape index (κ1) is 11.1. The average Bonchev–Trinajstić information content (AvgIpc) is 2.56. The third kappa shape index (κ3) is 1.57. The summed E-state index contributed by atoms with van der Waals surface area (Å²) < 4.78 is 0. The van der Waals surface area contributed by atoms with Crippen molar-refractivity contribution in [1.29, 1.82) is 0 Å². The molecular formula is C16H15NO. The molecule has 0 heterocycles. The number of hydrogen-bond donors (Lipinski definition) is 0. The average molecular weight is 237 g/mol. The van der Waals surface area contributed by atoms with E-state index in [4.69, 9.17) is 0 Å². The highest BCUT2D eigenvalue weighted by Crippen LogP contribution is 2.31. The number of nitrogens with zero attached hydrogens (tertiary/aromatic N) is 1. The molecule has 0 aromatic heterocycles. The normalized spacial score (nSPS) is 16.8. The van der Waals surface area contributed by atoms with Crippen LogP contribution in [0, 0.1) is 0 Å². The van der Waals surface area contributed by atoms with Crippen LogP contribution in [-0.2, 0) is 0 Å². The van der Waals surface area contributed by atoms with Crippen molar-refractivity contribution in [3.05, 3.63) is 47.5 Å². The highest BCUT2D eigenvalue weighted by molar-refractivity contribution is 6.59. The molecule has 18 heavy (non-hydrogen) atoms. The molecule has 0 radical (unpaired) electrons. The molecule has 0 bridgehead atoms. The van der Waals surface area contributed by atoms with Crippen molar-refractivity contribution in [2.45, 2.75) is 26.3 Å². The minimum atomic E-state index is -0.241. The molecule has 0 aliphatic heterocycles. The van der Waals surface area contributed by atoms with Crippen molar-refractivity contribution in [2.75, 3.05) is 0 Å². The Kier molecular flexibility index (Phi) is 2.18. The summed E-state index contributed by atoms with van der Waals surface area (Å²) in [6, 6.07) is 11.9. The van der Waals surface area contributed by atoms with E-state index in [0.717, 1.165) is 21.9 Å². The number of aliphatic imine (C=N–C) groups is 1. The van der Waals surface area contributed by atoms with Gasteiger partial charge in [-0.1, -0.05) is 36.4 Å². The summed E-state index contributed by atoms with van der Waals surface area (Å²) in [5.74, 6) is 0.0525. The molecule has 0 saturated carbocycles. The number of carbonyl (C=O) groups is 1. The van der Waals surface area contributed by atoms with Crippen LogP contribution in [0.3, 0.4) is 0 Å². The number of ketones is 1. The quantitative estimate of drug-likeness (QED) is 0.688. The third-order valence-corrected chi connectivity index (χ3v) is 3.07. The fourth-order valence-electron chi connectivity index (χ4n) is 2.42. The number of Topliss-reactive ketones (excluding diaryl/α,β-unsaturated/α-hetero) is 1. The van der Waals surface area contributed by atoms with Crippen LogP contribution < -0.4 is 0 Å². The van der Waals surface area contributed by atoms with Crippen molar-refractivity contribution in [2.24, 2.45) is 4.99 Å². The zero-order chi connectivity index (χ0) is 12.9. The van der Waals surface area contributed by atoms with E-state index in [0.29, 0.717) is 5.71 Å². The molecule has 2 nitrogen and oxygen atoms in total. The Labute approximate surface area is 106 Å². The maximum absolute atomic E-state index is 12.4. The summed E-state index contributed by atoms with van der Waals surface area (Å²) in [6.07, 6.45) is 0. The number of benzene rings is 2. The summed E-state index contributed by atoms with van der Waals surface area (Å²) in [4.78, 5) is 17.0. The molecule has 1 aliphatic rings. The Hall–Kier alpha value is -1.96. The van der Waals surface area contributed by atoms with E-state index in [-0.39, 0.29) is 11.3 Å². The van der Waals surface area contributed by atoms with E-state index >= 15 is 0 Å². The lowest BCUT2D eigenvalue weighted by atomic mass is 10.0. The minimum Gasteiger partial charge on any atom is -0.287 e. The molecule has 0 N–H and O–H groups in total. The van der Waals surface area contributed by atoms with Crippen LogP contribution in [0.2, 0.25) is 0 Å². The Morgan fingerprint density at radius 3 is 2.17 bits per heavy atom. The molecule has 0 unspecified atom stereocenters. The van der Waals surface area contributed by atoms with Crippen LogP contribution in [0.15, 0.2) is 41.4 Å². The molecule has 0 saturated heterocycles. The number of rotatable bonds is 0. The van der Waals surface area contributed by atoms with E-state index in [9.17, 15) is 4.79 Å². The van der Waals surface area contributed by atoms with E-state index < -0.39 is 0 Å². The van der Waals surface area contributed by atoms with E-state index in [1.807, 2.05) is 57.2 Å². The van der Waals surface area contributed by atoms with Gasteiger partial charge in [0.15, 0.2) is 0 Å². The lowest BCUT2D eigenvalue weighted by molar-refractivity contribution is 0.106. The molecule has 0 atom stereocenters. The third-order valence-electron chi connectivity index (χ3n) is 3.07. The fourth-order valence-corrected chi connectivity index (χ4v) is 2.42. The van der Waals surface area contributed by atoms with E-state index in [1.54, 1.807) is 0 Å². The lowest BCUT2D eigenvalue weighted by Gasteiger charge is -2.13. The van der Waals surface area contributed by atoms with Gasteiger partial charge in [-0.15, -0.1) is 0 Å². The molecule has 0 amide bonds. The van der Waals surface area contributed by atoms with Crippen molar-refractivity contribution >= 4 is 22.3 Å². The van der Waals surface area contributed by atoms with Gasteiger partial charge in [-0.05, 0) is 26.2 Å². The van der Waals surface area contributed by atoms with Crippen molar-refractivity contribution in [1.82, 2.24) is 0 Å². The SMILES string of the molecule is CC(C)(C)N=C1C(=O)c2cccc3cccc1c23. The molecule has 0 spiro atoms. The summed E-state index contributed by atoms with van der Waals surface area (Å²) in [5.41, 5.74) is 2.12. The molecule has 90 valence electrons. The van der Waals surface area contributed by atoms with Crippen LogP contribution in [-0.4, -0.2) is 17.0 Å². The van der Waals surface area contributed by atoms with Gasteiger partial charge in [-0.3, -0.25) is 9.79 Å². The largest absolute Gasteiger partial charge is 0.287 e. The summed E-state index contributed by atoms with van der Waals surface area (Å²) in [7, 11) is 0. The standard InChI is InChI=1S/C16H15NO/c1-16(2,3)17-14-11-8-4-6-10-7-5-9-12(13(10)11)15(14)18/h4-9H,1-3H3. The van der Waals surface area contributed by atoms with Gasteiger partial charge in [0.1, 0.15) is 5.71 Å². The van der Waals surface area contributed by atoms with Gasteiger partial charge in [-0.25, -0.2) is 0 Å². The Morgan fingerprint density at radius 1 is 0.944 bits per heavy atom. The van der Waals surface area contributed by atoms with Gasteiger partial charge in [0, 0.05) is 16.5 Å². The number of hydrogen-bond acceptors (Lipinski definition) is 2. The van der Waals surface area contributed by atoms with Crippen LogP contribution in [0.4, 0.5) is 0 Å². The maximum Gasteiger partial charge on any atom is 0.212 e. The zero-order valence-corrected chi connectivity index (χ0v) is 10.8. The zero-order valence-electron chi connectivity index (χ0n) is 10.8. The first-order chi connectivity index (χ1) is 8.47. The summed E-state index contributed by atoms with van der Waals surface area (Å²) in [6.45, 7) is 6.03. The summed E-state index contributed by atoms with van der Waals surface area (Å²) >= 11 is 0. The second-order valence-corrected chi connectivity index (χ2v) is 5.67. The van der Waals surface area contributed by atoms with Gasteiger partial charge in [0.2, 0.25) is 5.78 Å². The predicted octanol–water partition coefficient (Wildman–Crippen LogP) is 3.62. The van der Waals surface area contributed by atoms with Crippen LogP contribution in [0.1, 0.15) is 36.7 Å². The minimum absolute atomic E-state index is 0.0525. The molecule has 2 aromatic carbocycles. The summed E-state index contributed by atoms with van der Waals surface area (Å²) in [5, 5.41) is 2.16. The second kappa shape index (κ2) is 3.52. The first-order valence-electron chi connectivity index (χ1n) is 6.14. The molecule has 2 heteroatoms. The highest BCUT2D eigenvalue weighted by Gasteiger charge is 2.29. The van der Waals surface area contributed by atoms with Gasteiger partial charge >= 0.3 is 0 Å². The second-order valence-electron chi connectivity index (χ2n) is 5.67. The van der Waals surface area contributed by atoms with Gasteiger partial charge in [0.05, 0.1) is 5.54 Å². The molecule has 2 aromatic rings. The van der Waals surface area contributed by atoms with E-state index in [1.165, 1.54) is 0 Å². The lowest BCUT2D eigenvalue weighted by Crippen LogP contribution is -2.18. The van der Waals surface area contributed by atoms with Crippen LogP contribution in [0.5, 0.6) is 0 Å². The van der Waals surface area contributed by atoms with Crippen molar-refractivity contribution < 1.29 is 4.79 Å². The van der Waals surface area contributed by atoms with Crippen LogP contribution in [0.25, 0.3) is 10.8 Å². The Morgan fingerprint density at radius 2 is 1.56 bits per heavy atom. The molecule has 1 aliphatic carbocycles. The first-order valence-corrected chi connectivity index (χ1v) is 6.14. The van der Waals surface area contributed by atoms with Crippen molar-refractivity contribution in [3.63, 3.8) is 0 Å². The van der Waals surface area contributed by atoms with Gasteiger partial charge in [0.25, 0.3) is 0 Å². The highest BCUT2D eigenvalue weighted by atomic mass is 16.1. The molecule has 3 rings (SSSR count). The fraction of sp³-hybridized carbons (Fsp3) is 0.250. The van der Waals surface area contributed by atoms with Gasteiger partial charge in [-0.2, -0.15) is 0 Å². The number of carbonyl (C=O) groups excluding carboxylic acids is 1. The van der Waals surface area contributed by atoms with E-state index in [2.05, 4.69) is 4.99 Å².